The fraction of sp³-hybridized carbons (Fsp3) is 0.353. The van der Waals surface area contributed by atoms with Gasteiger partial charge in [-0.15, -0.1) is 0 Å². The summed E-state index contributed by atoms with van der Waals surface area (Å²) in [5, 5.41) is 19.4. The Morgan fingerprint density at radius 3 is 2.72 bits per heavy atom. The smallest absolute Gasteiger partial charge is 0.419 e. The van der Waals surface area contributed by atoms with Crippen LogP contribution in [-0.2, 0) is 16.6 Å². The van der Waals surface area contributed by atoms with Gasteiger partial charge in [-0.25, -0.2) is 9.59 Å². The molecule has 0 saturated carbocycles. The fourth-order valence-corrected chi connectivity index (χ4v) is 3.84. The van der Waals surface area contributed by atoms with Crippen molar-refractivity contribution >= 4 is 28.5 Å². The minimum Gasteiger partial charge on any atom is -0.477 e. The molecule has 0 radical (unpaired) electrons. The van der Waals surface area contributed by atoms with Crippen molar-refractivity contribution in [3.8, 4) is 0 Å². The molecule has 1 amide bonds. The largest absolute Gasteiger partial charge is 0.477 e. The minimum atomic E-state index is -1.18. The van der Waals surface area contributed by atoms with Crippen LogP contribution in [0, 0.1) is 5.92 Å². The molecule has 25 heavy (non-hydrogen) atoms. The Hall–Kier alpha value is -2.87. The van der Waals surface area contributed by atoms with E-state index in [0.29, 0.717) is 28.7 Å². The second kappa shape index (κ2) is 5.06. The van der Waals surface area contributed by atoms with Crippen LogP contribution in [0.3, 0.4) is 0 Å². The number of aromatic nitrogens is 1. The second-order valence-electron chi connectivity index (χ2n) is 6.49. The van der Waals surface area contributed by atoms with Gasteiger partial charge in [-0.2, -0.15) is 0 Å². The number of aliphatic hydroxyl groups excluding tert-OH is 1. The van der Waals surface area contributed by atoms with E-state index in [9.17, 15) is 24.6 Å². The maximum absolute atomic E-state index is 12.3. The Morgan fingerprint density at radius 2 is 2.08 bits per heavy atom. The molecule has 2 aromatic rings. The van der Waals surface area contributed by atoms with E-state index < -0.39 is 23.7 Å². The summed E-state index contributed by atoms with van der Waals surface area (Å²) in [6.07, 6.45) is -0.486. The van der Waals surface area contributed by atoms with Crippen LogP contribution < -0.4 is 5.76 Å². The molecule has 1 aromatic carbocycles. The van der Waals surface area contributed by atoms with Crippen LogP contribution in [0.25, 0.3) is 16.7 Å². The average molecular weight is 344 g/mol. The van der Waals surface area contributed by atoms with Crippen molar-refractivity contribution in [2.24, 2.45) is 13.0 Å². The highest BCUT2D eigenvalue weighted by Crippen LogP contribution is 2.47. The quantitative estimate of drug-likeness (QED) is 0.786. The zero-order valence-electron chi connectivity index (χ0n) is 13.6. The summed E-state index contributed by atoms with van der Waals surface area (Å²) in [6, 6.07) is 4.63. The molecule has 130 valence electrons. The number of hydrogen-bond donors (Lipinski definition) is 2. The molecule has 3 heterocycles. The Bertz CT molecular complexity index is 1010. The highest BCUT2D eigenvalue weighted by molar-refractivity contribution is 6.06. The normalized spacial score (nSPS) is 23.8. The van der Waals surface area contributed by atoms with Gasteiger partial charge in [0.1, 0.15) is 5.70 Å². The van der Waals surface area contributed by atoms with Gasteiger partial charge >= 0.3 is 11.7 Å². The van der Waals surface area contributed by atoms with Gasteiger partial charge in [0.25, 0.3) is 0 Å². The van der Waals surface area contributed by atoms with Gasteiger partial charge in [0, 0.05) is 7.05 Å². The predicted molar refractivity (Wildman–Crippen MR) is 86.4 cm³/mol. The minimum absolute atomic E-state index is 0.0558. The highest BCUT2D eigenvalue weighted by Gasteiger charge is 2.56. The monoisotopic (exact) mass is 344 g/mol. The Labute approximate surface area is 141 Å². The number of aliphatic carboxylic acids is 1. The van der Waals surface area contributed by atoms with Gasteiger partial charge in [-0.05, 0) is 36.6 Å². The van der Waals surface area contributed by atoms with Gasteiger partial charge in [-0.3, -0.25) is 9.36 Å². The van der Waals surface area contributed by atoms with Crippen LogP contribution in [0.2, 0.25) is 0 Å². The number of carbonyl (C=O) groups is 2. The van der Waals surface area contributed by atoms with E-state index in [1.807, 2.05) is 0 Å². The summed E-state index contributed by atoms with van der Waals surface area (Å²) in [6.45, 7) is 1.53. The van der Waals surface area contributed by atoms with E-state index in [4.69, 9.17) is 4.42 Å². The number of β-lactam (4-membered cyclic amide) rings is 1. The number of hydrogen-bond acceptors (Lipinski definition) is 5. The number of carboxylic acid groups (broad SMARTS) is 1. The number of aliphatic hydroxyl groups is 1. The molecule has 8 nitrogen and oxygen atoms in total. The number of fused-ring (bicyclic) bond motifs is 2. The molecule has 1 aromatic heterocycles. The van der Waals surface area contributed by atoms with Crippen LogP contribution in [0.5, 0.6) is 0 Å². The van der Waals surface area contributed by atoms with Crippen LogP contribution in [0.1, 0.15) is 18.9 Å². The molecular formula is C17H16N2O6. The lowest BCUT2D eigenvalue weighted by molar-refractivity contribution is -0.161. The van der Waals surface area contributed by atoms with E-state index >= 15 is 0 Å². The lowest BCUT2D eigenvalue weighted by Gasteiger charge is -2.44. The van der Waals surface area contributed by atoms with Crippen molar-refractivity contribution in [3.63, 3.8) is 0 Å². The summed E-state index contributed by atoms with van der Waals surface area (Å²) >= 11 is 0. The molecule has 0 unspecified atom stereocenters. The molecule has 0 aliphatic carbocycles. The number of oxazole rings is 1. The molecule has 1 saturated heterocycles. The van der Waals surface area contributed by atoms with E-state index in [1.165, 1.54) is 16.4 Å². The molecule has 0 bridgehead atoms. The Morgan fingerprint density at radius 1 is 1.36 bits per heavy atom. The number of aryl methyl sites for hydroxylation is 1. The SMILES string of the molecule is C[C@@H](O)[C@@H]1C(=O)N2C(C(=O)O)=C(c3ccc4oc(=O)n(C)c4c3)C[C@@H]12. The van der Waals surface area contributed by atoms with Crippen molar-refractivity contribution in [2.75, 3.05) is 0 Å². The summed E-state index contributed by atoms with van der Waals surface area (Å²) in [5.41, 5.74) is 2.04. The summed E-state index contributed by atoms with van der Waals surface area (Å²) < 4.78 is 6.43. The third-order valence-electron chi connectivity index (χ3n) is 5.07. The zero-order chi connectivity index (χ0) is 18.0. The van der Waals surface area contributed by atoms with Crippen molar-refractivity contribution in [1.82, 2.24) is 9.47 Å². The first-order chi connectivity index (χ1) is 11.8. The van der Waals surface area contributed by atoms with E-state index in [-0.39, 0.29) is 17.6 Å². The molecule has 2 N–H and O–H groups in total. The highest BCUT2D eigenvalue weighted by atomic mass is 16.4. The molecule has 1 fully saturated rings. The zero-order valence-corrected chi connectivity index (χ0v) is 13.6. The first kappa shape index (κ1) is 15.6. The van der Waals surface area contributed by atoms with Crippen LogP contribution in [-0.4, -0.2) is 43.7 Å². The number of benzene rings is 1. The Kier molecular flexibility index (Phi) is 3.17. The molecule has 0 spiro atoms. The average Bonchev–Trinajstić information content (AvgIpc) is 3.02. The second-order valence-corrected chi connectivity index (χ2v) is 6.49. The maximum atomic E-state index is 12.3. The summed E-state index contributed by atoms with van der Waals surface area (Å²) in [7, 11) is 1.57. The molecular weight excluding hydrogens is 328 g/mol. The van der Waals surface area contributed by atoms with Crippen LogP contribution in [0.15, 0.2) is 33.1 Å². The fourth-order valence-electron chi connectivity index (χ4n) is 3.84. The molecule has 2 aliphatic heterocycles. The summed E-state index contributed by atoms with van der Waals surface area (Å²) in [5.74, 6) is -2.65. The lowest BCUT2D eigenvalue weighted by atomic mass is 9.82. The van der Waals surface area contributed by atoms with Crippen molar-refractivity contribution in [1.29, 1.82) is 0 Å². The third-order valence-corrected chi connectivity index (χ3v) is 5.07. The van der Waals surface area contributed by atoms with E-state index in [2.05, 4.69) is 0 Å². The van der Waals surface area contributed by atoms with Crippen LogP contribution >= 0.6 is 0 Å². The first-order valence-electron chi connectivity index (χ1n) is 7.88. The van der Waals surface area contributed by atoms with E-state index in [1.54, 1.807) is 25.2 Å². The molecule has 2 aliphatic rings. The van der Waals surface area contributed by atoms with Gasteiger partial charge in [0.05, 0.1) is 23.6 Å². The van der Waals surface area contributed by atoms with Gasteiger partial charge in [0.15, 0.2) is 5.58 Å². The molecule has 4 rings (SSSR count). The molecule has 8 heteroatoms. The van der Waals surface area contributed by atoms with Crippen molar-refractivity contribution in [2.45, 2.75) is 25.5 Å². The number of nitrogens with zero attached hydrogens (tertiary/aromatic N) is 2. The topological polar surface area (TPSA) is 113 Å². The van der Waals surface area contributed by atoms with Gasteiger partial charge < -0.3 is 19.5 Å². The number of carboxylic acids is 1. The van der Waals surface area contributed by atoms with E-state index in [0.717, 1.165) is 0 Å². The molecule has 3 atom stereocenters. The van der Waals surface area contributed by atoms with Gasteiger partial charge in [0.2, 0.25) is 5.91 Å². The standard InChI is InChI=1S/C17H16N2O6/c1-7(20)13-11-6-9(14(16(22)23)19(11)15(13)21)8-3-4-12-10(5-8)18(2)17(24)25-12/h3-5,7,11,13,20H,6H2,1-2H3,(H,22,23)/t7-,11+,13+/m1/s1. The number of amides is 1. The predicted octanol–water partition coefficient (Wildman–Crippen LogP) is 0.539. The Balaban J connectivity index is 1.84. The lowest BCUT2D eigenvalue weighted by Crippen LogP contribution is -2.61. The number of carbonyl (C=O) groups excluding carboxylic acids is 1. The number of rotatable bonds is 3. The maximum Gasteiger partial charge on any atom is 0.419 e. The van der Waals surface area contributed by atoms with Crippen molar-refractivity contribution < 1.29 is 24.2 Å². The van der Waals surface area contributed by atoms with Gasteiger partial charge in [-0.1, -0.05) is 6.07 Å². The van der Waals surface area contributed by atoms with Crippen LogP contribution in [0.4, 0.5) is 0 Å². The summed E-state index contributed by atoms with van der Waals surface area (Å²) in [4.78, 5) is 36.9. The van der Waals surface area contributed by atoms with Crippen molar-refractivity contribution in [3.05, 3.63) is 40.0 Å². The first-order valence-corrected chi connectivity index (χ1v) is 7.88. The third kappa shape index (κ3) is 2.00.